The van der Waals surface area contributed by atoms with Gasteiger partial charge in [0.2, 0.25) is 5.78 Å². The van der Waals surface area contributed by atoms with Crippen LogP contribution in [0, 0.1) is 11.6 Å². The minimum atomic E-state index is -0.818. The molecule has 1 aliphatic heterocycles. The molecule has 3 aromatic rings. The van der Waals surface area contributed by atoms with E-state index in [2.05, 4.69) is 26.2 Å². The minimum absolute atomic E-state index is 0.0144. The van der Waals surface area contributed by atoms with E-state index in [0.29, 0.717) is 36.6 Å². The fourth-order valence-corrected chi connectivity index (χ4v) is 4.71. The summed E-state index contributed by atoms with van der Waals surface area (Å²) in [5, 5.41) is 3.68. The number of nitrogens with two attached hydrogens (primary N) is 1. The Morgan fingerprint density at radius 1 is 1.12 bits per heavy atom. The Bertz CT molecular complexity index is 1160. The van der Waals surface area contributed by atoms with Crippen LogP contribution in [0.4, 0.5) is 19.7 Å². The standard InChI is InChI=1S/C22H19BrF2N4O2S/c23-13-3-1-12(2-4-13)21(31)29-9-7-15(8-10-29)27-22-28-20(26)19(32-22)18(30)16-11-14(24)5-6-17(16)25/h1-6,11,15H,7-10,26H2,(H,27,28). The number of nitrogen functional groups attached to an aromatic ring is 1. The van der Waals surface area contributed by atoms with Gasteiger partial charge in [-0.2, -0.15) is 0 Å². The van der Waals surface area contributed by atoms with E-state index in [9.17, 15) is 18.4 Å². The lowest BCUT2D eigenvalue weighted by molar-refractivity contribution is 0.0718. The summed E-state index contributed by atoms with van der Waals surface area (Å²) in [5.41, 5.74) is 6.13. The largest absolute Gasteiger partial charge is 0.382 e. The van der Waals surface area contributed by atoms with Gasteiger partial charge in [0, 0.05) is 29.2 Å². The summed E-state index contributed by atoms with van der Waals surface area (Å²) >= 11 is 4.37. The number of thiazole rings is 1. The van der Waals surface area contributed by atoms with Gasteiger partial charge in [-0.05, 0) is 55.3 Å². The van der Waals surface area contributed by atoms with E-state index in [-0.39, 0.29) is 28.2 Å². The number of rotatable bonds is 5. The quantitative estimate of drug-likeness (QED) is 0.475. The van der Waals surface area contributed by atoms with Crippen molar-refractivity contribution in [3.63, 3.8) is 0 Å². The van der Waals surface area contributed by atoms with E-state index >= 15 is 0 Å². The van der Waals surface area contributed by atoms with Crippen LogP contribution in [-0.4, -0.2) is 40.7 Å². The third kappa shape index (κ3) is 4.81. The monoisotopic (exact) mass is 520 g/mol. The number of amides is 1. The van der Waals surface area contributed by atoms with Crippen LogP contribution in [0.15, 0.2) is 46.9 Å². The number of nitrogens with one attached hydrogen (secondary N) is 1. The van der Waals surface area contributed by atoms with Gasteiger partial charge in [0.1, 0.15) is 22.3 Å². The zero-order chi connectivity index (χ0) is 22.8. The lowest BCUT2D eigenvalue weighted by Gasteiger charge is -2.32. The number of ketones is 1. The third-order valence-electron chi connectivity index (χ3n) is 5.23. The molecule has 0 bridgehead atoms. The van der Waals surface area contributed by atoms with Crippen molar-refractivity contribution in [2.24, 2.45) is 0 Å². The summed E-state index contributed by atoms with van der Waals surface area (Å²) in [7, 11) is 0. The van der Waals surface area contributed by atoms with Crippen LogP contribution in [0.3, 0.4) is 0 Å². The second kappa shape index (κ2) is 9.33. The summed E-state index contributed by atoms with van der Waals surface area (Å²) in [6.07, 6.45) is 1.40. The molecule has 1 amide bonds. The highest BCUT2D eigenvalue weighted by Crippen LogP contribution is 2.30. The van der Waals surface area contributed by atoms with Crippen LogP contribution >= 0.6 is 27.3 Å². The SMILES string of the molecule is Nc1nc(NC2CCN(C(=O)c3ccc(Br)cc3)CC2)sc1C(=O)c1cc(F)ccc1F. The zero-order valence-corrected chi connectivity index (χ0v) is 19.2. The molecule has 0 aliphatic carbocycles. The number of carbonyl (C=O) groups excluding carboxylic acids is 2. The number of hydrogen-bond acceptors (Lipinski definition) is 6. The maximum Gasteiger partial charge on any atom is 0.253 e. The molecule has 0 radical (unpaired) electrons. The fraction of sp³-hybridized carbons (Fsp3) is 0.227. The van der Waals surface area contributed by atoms with Crippen LogP contribution in [-0.2, 0) is 0 Å². The van der Waals surface area contributed by atoms with Gasteiger partial charge in [0.25, 0.3) is 5.91 Å². The number of hydrogen-bond donors (Lipinski definition) is 2. The molecule has 1 fully saturated rings. The normalized spacial score (nSPS) is 14.4. The number of benzene rings is 2. The predicted molar refractivity (Wildman–Crippen MR) is 123 cm³/mol. The molecule has 4 rings (SSSR count). The molecule has 0 unspecified atom stereocenters. The summed E-state index contributed by atoms with van der Waals surface area (Å²) in [5.74, 6) is -2.28. The molecule has 0 spiro atoms. The van der Waals surface area contributed by atoms with Crippen molar-refractivity contribution in [3.8, 4) is 0 Å². The van der Waals surface area contributed by atoms with Gasteiger partial charge in [0.15, 0.2) is 5.13 Å². The van der Waals surface area contributed by atoms with E-state index in [1.807, 2.05) is 12.1 Å². The number of aromatic nitrogens is 1. The van der Waals surface area contributed by atoms with Gasteiger partial charge >= 0.3 is 0 Å². The number of carbonyl (C=O) groups is 2. The van der Waals surface area contributed by atoms with Gasteiger partial charge < -0.3 is 16.0 Å². The summed E-state index contributed by atoms with van der Waals surface area (Å²) in [6, 6.07) is 9.99. The highest BCUT2D eigenvalue weighted by molar-refractivity contribution is 9.10. The number of piperidine rings is 1. The molecule has 2 aromatic carbocycles. The Hall–Kier alpha value is -2.85. The molecule has 1 aromatic heterocycles. The zero-order valence-electron chi connectivity index (χ0n) is 16.8. The van der Waals surface area contributed by atoms with Gasteiger partial charge in [-0.25, -0.2) is 13.8 Å². The molecule has 1 saturated heterocycles. The predicted octanol–water partition coefficient (Wildman–Crippen LogP) is 4.71. The second-order valence-electron chi connectivity index (χ2n) is 7.40. The first-order valence-corrected chi connectivity index (χ1v) is 11.5. The molecule has 10 heteroatoms. The van der Waals surface area contributed by atoms with Crippen LogP contribution in [0.1, 0.15) is 38.4 Å². The Morgan fingerprint density at radius 3 is 2.50 bits per heavy atom. The third-order valence-corrected chi connectivity index (χ3v) is 6.76. The molecule has 1 aliphatic rings. The van der Waals surface area contributed by atoms with Crippen LogP contribution in [0.25, 0.3) is 0 Å². The first-order valence-electron chi connectivity index (χ1n) is 9.89. The van der Waals surface area contributed by atoms with Crippen molar-refractivity contribution in [1.29, 1.82) is 0 Å². The Morgan fingerprint density at radius 2 is 1.81 bits per heavy atom. The van der Waals surface area contributed by atoms with E-state index in [1.165, 1.54) is 0 Å². The molecule has 0 atom stereocenters. The lowest BCUT2D eigenvalue weighted by atomic mass is 10.0. The van der Waals surface area contributed by atoms with Crippen molar-refractivity contribution < 1.29 is 18.4 Å². The summed E-state index contributed by atoms with van der Waals surface area (Å²) < 4.78 is 28.3. The van der Waals surface area contributed by atoms with Crippen molar-refractivity contribution in [3.05, 3.63) is 74.6 Å². The first kappa shape index (κ1) is 22.3. The van der Waals surface area contributed by atoms with Crippen molar-refractivity contribution in [1.82, 2.24) is 9.88 Å². The highest BCUT2D eigenvalue weighted by Gasteiger charge is 2.26. The van der Waals surface area contributed by atoms with Gasteiger partial charge in [0.05, 0.1) is 5.56 Å². The number of halogens is 3. The molecule has 3 N–H and O–H groups in total. The second-order valence-corrected chi connectivity index (χ2v) is 9.32. The van der Waals surface area contributed by atoms with E-state index in [1.54, 1.807) is 17.0 Å². The van der Waals surface area contributed by atoms with Gasteiger partial charge in [-0.3, -0.25) is 9.59 Å². The average molecular weight is 521 g/mol. The lowest BCUT2D eigenvalue weighted by Crippen LogP contribution is -2.42. The summed E-state index contributed by atoms with van der Waals surface area (Å²) in [6.45, 7) is 1.15. The van der Waals surface area contributed by atoms with E-state index < -0.39 is 17.4 Å². The maximum absolute atomic E-state index is 14.0. The molecule has 6 nitrogen and oxygen atoms in total. The van der Waals surface area contributed by atoms with Gasteiger partial charge in [-0.1, -0.05) is 27.3 Å². The number of anilines is 2. The van der Waals surface area contributed by atoms with Crippen molar-refractivity contribution >= 4 is 49.9 Å². The van der Waals surface area contributed by atoms with Crippen LogP contribution in [0.5, 0.6) is 0 Å². The number of nitrogens with zero attached hydrogens (tertiary/aromatic N) is 2. The fourth-order valence-electron chi connectivity index (χ4n) is 3.53. The Labute approximate surface area is 195 Å². The van der Waals surface area contributed by atoms with E-state index in [0.717, 1.165) is 34.0 Å². The smallest absolute Gasteiger partial charge is 0.253 e. The van der Waals surface area contributed by atoms with Crippen LogP contribution < -0.4 is 11.1 Å². The number of likely N-dealkylation sites (tertiary alicyclic amines) is 1. The van der Waals surface area contributed by atoms with Crippen molar-refractivity contribution in [2.75, 3.05) is 24.1 Å². The van der Waals surface area contributed by atoms with Crippen LogP contribution in [0.2, 0.25) is 0 Å². The highest BCUT2D eigenvalue weighted by atomic mass is 79.9. The minimum Gasteiger partial charge on any atom is -0.382 e. The molecule has 32 heavy (non-hydrogen) atoms. The Kier molecular flexibility index (Phi) is 6.52. The summed E-state index contributed by atoms with van der Waals surface area (Å²) in [4.78, 5) is 31.3. The molecule has 166 valence electrons. The molecule has 2 heterocycles. The van der Waals surface area contributed by atoms with E-state index in [4.69, 9.17) is 5.73 Å². The van der Waals surface area contributed by atoms with Gasteiger partial charge in [-0.15, -0.1) is 0 Å². The van der Waals surface area contributed by atoms with Crippen molar-refractivity contribution in [2.45, 2.75) is 18.9 Å². The molecular formula is C22H19BrF2N4O2S. The average Bonchev–Trinajstić information content (AvgIpc) is 3.15. The first-order chi connectivity index (χ1) is 15.3. The Balaban J connectivity index is 1.39. The molecular weight excluding hydrogens is 502 g/mol. The molecule has 0 saturated carbocycles. The topological polar surface area (TPSA) is 88.3 Å². The maximum atomic E-state index is 14.0.